The lowest BCUT2D eigenvalue weighted by atomic mass is 10.1. The summed E-state index contributed by atoms with van der Waals surface area (Å²) in [4.78, 5) is 12.5. The van der Waals surface area contributed by atoms with Gasteiger partial charge in [0.2, 0.25) is 0 Å². The predicted molar refractivity (Wildman–Crippen MR) is 85.1 cm³/mol. The van der Waals surface area contributed by atoms with E-state index >= 15 is 0 Å². The van der Waals surface area contributed by atoms with Crippen LogP contribution in [0.15, 0.2) is 47.3 Å². The van der Waals surface area contributed by atoms with Gasteiger partial charge in [0.25, 0.3) is 5.56 Å². The van der Waals surface area contributed by atoms with Crippen LogP contribution in [-0.4, -0.2) is 13.0 Å². The highest BCUT2D eigenvalue weighted by Gasteiger charge is 2.12. The number of rotatable bonds is 3. The molecule has 0 saturated carbocycles. The van der Waals surface area contributed by atoms with Crippen molar-refractivity contribution in [2.24, 2.45) is 5.14 Å². The van der Waals surface area contributed by atoms with Gasteiger partial charge in [-0.25, -0.2) is 0 Å². The van der Waals surface area contributed by atoms with Crippen LogP contribution >= 0.6 is 0 Å². The van der Waals surface area contributed by atoms with Crippen LogP contribution in [-0.2, 0) is 16.8 Å². The van der Waals surface area contributed by atoms with Gasteiger partial charge in [-0.05, 0) is 30.5 Å². The summed E-state index contributed by atoms with van der Waals surface area (Å²) >= 11 is 0. The molecule has 0 atom stereocenters. The minimum atomic E-state index is -4.11. The van der Waals surface area contributed by atoms with Crippen LogP contribution in [0.1, 0.15) is 6.92 Å². The lowest BCUT2D eigenvalue weighted by Crippen LogP contribution is -2.21. The molecule has 3 rings (SSSR count). The second-order valence-corrected chi connectivity index (χ2v) is 6.00. The van der Waals surface area contributed by atoms with Crippen LogP contribution in [0.2, 0.25) is 0 Å². The van der Waals surface area contributed by atoms with Crippen LogP contribution in [0.5, 0.6) is 5.75 Å². The van der Waals surface area contributed by atoms with Gasteiger partial charge in [-0.15, -0.1) is 0 Å². The Bertz CT molecular complexity index is 1040. The molecule has 22 heavy (non-hydrogen) atoms. The van der Waals surface area contributed by atoms with E-state index in [4.69, 9.17) is 9.32 Å². The summed E-state index contributed by atoms with van der Waals surface area (Å²) in [7, 11) is -4.11. The van der Waals surface area contributed by atoms with E-state index in [9.17, 15) is 13.2 Å². The Balaban J connectivity index is 2.41. The maximum absolute atomic E-state index is 12.5. The van der Waals surface area contributed by atoms with Crippen LogP contribution in [0.4, 0.5) is 0 Å². The summed E-state index contributed by atoms with van der Waals surface area (Å²) < 4.78 is 28.4. The second kappa shape index (κ2) is 5.11. The van der Waals surface area contributed by atoms with Gasteiger partial charge in [-0.3, -0.25) is 4.79 Å². The molecule has 2 N–H and O–H groups in total. The number of benzene rings is 2. The summed E-state index contributed by atoms with van der Waals surface area (Å²) in [5.41, 5.74) is 0.478. The van der Waals surface area contributed by atoms with E-state index in [0.717, 1.165) is 10.8 Å². The van der Waals surface area contributed by atoms with Crippen molar-refractivity contribution in [1.82, 2.24) is 4.57 Å². The van der Waals surface area contributed by atoms with Crippen molar-refractivity contribution < 1.29 is 12.6 Å². The molecule has 0 bridgehead atoms. The lowest BCUT2D eigenvalue weighted by Gasteiger charge is -2.12. The average Bonchev–Trinajstić information content (AvgIpc) is 2.46. The number of aromatic nitrogens is 1. The van der Waals surface area contributed by atoms with Gasteiger partial charge in [-0.2, -0.15) is 13.6 Å². The Kier molecular flexibility index (Phi) is 3.38. The first-order valence-electron chi connectivity index (χ1n) is 6.68. The van der Waals surface area contributed by atoms with Crippen LogP contribution in [0.25, 0.3) is 21.7 Å². The molecule has 0 spiro atoms. The number of hydrogen-bond acceptors (Lipinski definition) is 4. The summed E-state index contributed by atoms with van der Waals surface area (Å²) in [6.45, 7) is 2.31. The zero-order chi connectivity index (χ0) is 15.9. The third-order valence-electron chi connectivity index (χ3n) is 3.48. The molecule has 0 amide bonds. The van der Waals surface area contributed by atoms with Crippen molar-refractivity contribution >= 4 is 32.0 Å². The van der Waals surface area contributed by atoms with Gasteiger partial charge in [0.1, 0.15) is 5.75 Å². The molecule has 7 heteroatoms. The zero-order valence-electron chi connectivity index (χ0n) is 11.8. The number of hydrogen-bond donors (Lipinski definition) is 1. The number of aryl methyl sites for hydroxylation is 1. The molecule has 0 saturated heterocycles. The molecule has 0 fully saturated rings. The average molecular weight is 318 g/mol. The minimum absolute atomic E-state index is 0.0758. The predicted octanol–water partition coefficient (Wildman–Crippen LogP) is 1.76. The summed E-state index contributed by atoms with van der Waals surface area (Å²) in [6.07, 6.45) is 0. The van der Waals surface area contributed by atoms with Crippen molar-refractivity contribution in [3.8, 4) is 5.75 Å². The molecular weight excluding hydrogens is 304 g/mol. The molecule has 6 nitrogen and oxygen atoms in total. The smallest absolute Gasteiger partial charge is 0.371 e. The summed E-state index contributed by atoms with van der Waals surface area (Å²) in [5.74, 6) is 0.0758. The van der Waals surface area contributed by atoms with Gasteiger partial charge in [0.15, 0.2) is 0 Å². The van der Waals surface area contributed by atoms with Crippen molar-refractivity contribution in [2.75, 3.05) is 0 Å². The highest BCUT2D eigenvalue weighted by molar-refractivity contribution is 7.84. The maximum Gasteiger partial charge on any atom is 0.380 e. The van der Waals surface area contributed by atoms with Crippen LogP contribution < -0.4 is 14.9 Å². The van der Waals surface area contributed by atoms with Crippen molar-refractivity contribution in [3.05, 3.63) is 52.8 Å². The zero-order valence-corrected chi connectivity index (χ0v) is 12.6. The van der Waals surface area contributed by atoms with E-state index in [0.29, 0.717) is 17.4 Å². The standard InChI is InChI=1S/C15H14N2O4S/c1-2-17-14-9-10(21-22(16,19)20)7-8-12(14)11-5-3-4-6-13(11)15(17)18/h3-9H,2H2,1H3,(H2,16,19,20). The highest BCUT2D eigenvalue weighted by Crippen LogP contribution is 2.26. The van der Waals surface area contributed by atoms with E-state index in [1.807, 2.05) is 25.1 Å². The fraction of sp³-hybridized carbons (Fsp3) is 0.133. The first-order chi connectivity index (χ1) is 10.4. The first-order valence-corrected chi connectivity index (χ1v) is 8.15. The second-order valence-electron chi connectivity index (χ2n) is 4.85. The van der Waals surface area contributed by atoms with Gasteiger partial charge in [0.05, 0.1) is 5.52 Å². The Morgan fingerprint density at radius 1 is 1.09 bits per heavy atom. The Hall–Kier alpha value is -2.38. The normalized spacial score (nSPS) is 11.9. The largest absolute Gasteiger partial charge is 0.380 e. The molecule has 0 aliphatic carbocycles. The van der Waals surface area contributed by atoms with E-state index in [-0.39, 0.29) is 11.3 Å². The van der Waals surface area contributed by atoms with Crippen LogP contribution in [0.3, 0.4) is 0 Å². The third kappa shape index (κ3) is 2.44. The van der Waals surface area contributed by atoms with Crippen LogP contribution in [0, 0.1) is 0 Å². The third-order valence-corrected chi connectivity index (χ3v) is 3.91. The van der Waals surface area contributed by atoms with Gasteiger partial charge in [-0.1, -0.05) is 18.2 Å². The van der Waals surface area contributed by atoms with Crippen molar-refractivity contribution in [1.29, 1.82) is 0 Å². The van der Waals surface area contributed by atoms with Crippen molar-refractivity contribution in [3.63, 3.8) is 0 Å². The van der Waals surface area contributed by atoms with E-state index in [2.05, 4.69) is 0 Å². The van der Waals surface area contributed by atoms with Gasteiger partial charge < -0.3 is 8.75 Å². The number of fused-ring (bicyclic) bond motifs is 3. The number of pyridine rings is 1. The molecule has 0 unspecified atom stereocenters. The molecule has 0 radical (unpaired) electrons. The number of nitrogens with two attached hydrogens (primary N) is 1. The number of nitrogens with zero attached hydrogens (tertiary/aromatic N) is 1. The Labute approximate surface area is 127 Å². The molecule has 1 heterocycles. The molecule has 1 aromatic heterocycles. The summed E-state index contributed by atoms with van der Waals surface area (Å²) in [5, 5.41) is 7.17. The van der Waals surface area contributed by atoms with Crippen molar-refractivity contribution in [2.45, 2.75) is 13.5 Å². The SMILES string of the molecule is CCn1c(=O)c2ccccc2c2ccc(OS(N)(=O)=O)cc21. The molecule has 114 valence electrons. The Morgan fingerprint density at radius 3 is 2.41 bits per heavy atom. The minimum Gasteiger partial charge on any atom is -0.371 e. The highest BCUT2D eigenvalue weighted by atomic mass is 32.2. The topological polar surface area (TPSA) is 91.4 Å². The first kappa shape index (κ1) is 14.6. The summed E-state index contributed by atoms with van der Waals surface area (Å²) in [6, 6.07) is 12.1. The Morgan fingerprint density at radius 2 is 1.77 bits per heavy atom. The van der Waals surface area contributed by atoms with E-state index < -0.39 is 10.3 Å². The molecule has 0 aliphatic heterocycles. The lowest BCUT2D eigenvalue weighted by molar-refractivity contribution is 0.488. The maximum atomic E-state index is 12.5. The fourth-order valence-corrected chi connectivity index (χ4v) is 2.99. The quantitative estimate of drug-likeness (QED) is 0.745. The molecule has 0 aliphatic rings. The monoisotopic (exact) mass is 318 g/mol. The molecule has 2 aromatic carbocycles. The van der Waals surface area contributed by atoms with Gasteiger partial charge in [0, 0.05) is 23.4 Å². The van der Waals surface area contributed by atoms with E-state index in [1.165, 1.54) is 12.1 Å². The molecular formula is C15H14N2O4S. The fourth-order valence-electron chi connectivity index (χ4n) is 2.62. The van der Waals surface area contributed by atoms with E-state index in [1.54, 1.807) is 16.7 Å². The van der Waals surface area contributed by atoms with Gasteiger partial charge >= 0.3 is 10.3 Å². The molecule has 3 aromatic rings.